The molecule has 0 heterocycles. The van der Waals surface area contributed by atoms with Gasteiger partial charge >= 0.3 is 0 Å². The summed E-state index contributed by atoms with van der Waals surface area (Å²) in [5.41, 5.74) is 6.17. The molecule has 3 nitrogen and oxygen atoms in total. The number of nitrogens with two attached hydrogens (primary N) is 1. The summed E-state index contributed by atoms with van der Waals surface area (Å²) in [6.45, 7) is 1.57. The first-order valence-corrected chi connectivity index (χ1v) is 5.55. The first kappa shape index (κ1) is 12.8. The van der Waals surface area contributed by atoms with E-state index < -0.39 is 0 Å². The summed E-state index contributed by atoms with van der Waals surface area (Å²) in [6.07, 6.45) is 3.19. The Balaban J connectivity index is 2.34. The number of anilines is 1. The molecule has 90 valence electrons. The fourth-order valence-electron chi connectivity index (χ4n) is 1.46. The highest BCUT2D eigenvalue weighted by atomic mass is 19.1. The zero-order valence-corrected chi connectivity index (χ0v) is 9.63. The monoisotopic (exact) mass is 226 g/mol. The molecule has 0 spiro atoms. The molecule has 0 atom stereocenters. The highest BCUT2D eigenvalue weighted by Crippen LogP contribution is 2.20. The van der Waals surface area contributed by atoms with E-state index >= 15 is 0 Å². The van der Waals surface area contributed by atoms with Gasteiger partial charge in [0.2, 0.25) is 0 Å². The summed E-state index contributed by atoms with van der Waals surface area (Å²) in [4.78, 5) is 0. The zero-order chi connectivity index (χ0) is 11.8. The first-order valence-electron chi connectivity index (χ1n) is 5.55. The summed E-state index contributed by atoms with van der Waals surface area (Å²) in [6, 6.07) is 4.88. The normalized spacial score (nSPS) is 10.2. The molecule has 0 amide bonds. The summed E-state index contributed by atoms with van der Waals surface area (Å²) in [5.74, 6) is -0.0665. The standard InChI is InChI=1S/C12H19FN2O/c1-16-12-6-5-10(9-11(12)13)15-8-4-2-3-7-14/h5-6,9,15H,2-4,7-8,14H2,1H3. The van der Waals surface area contributed by atoms with Crippen LogP contribution < -0.4 is 15.8 Å². The van der Waals surface area contributed by atoms with Crippen molar-refractivity contribution in [2.45, 2.75) is 19.3 Å². The van der Waals surface area contributed by atoms with Gasteiger partial charge in [0.05, 0.1) is 7.11 Å². The quantitative estimate of drug-likeness (QED) is 0.702. The smallest absolute Gasteiger partial charge is 0.167 e. The Hall–Kier alpha value is -1.29. The highest BCUT2D eigenvalue weighted by Gasteiger charge is 2.02. The number of ether oxygens (including phenoxy) is 1. The molecular formula is C12H19FN2O. The van der Waals surface area contributed by atoms with E-state index in [0.29, 0.717) is 0 Å². The SMILES string of the molecule is COc1ccc(NCCCCCN)cc1F. The van der Waals surface area contributed by atoms with Crippen LogP contribution in [0.25, 0.3) is 0 Å². The predicted octanol–water partition coefficient (Wildman–Crippen LogP) is 2.38. The Kier molecular flexibility index (Phi) is 5.64. The number of nitrogens with one attached hydrogen (secondary N) is 1. The predicted molar refractivity (Wildman–Crippen MR) is 64.3 cm³/mol. The topological polar surface area (TPSA) is 47.3 Å². The minimum atomic E-state index is -0.338. The minimum Gasteiger partial charge on any atom is -0.494 e. The molecule has 0 radical (unpaired) electrons. The second-order valence-electron chi connectivity index (χ2n) is 3.63. The Morgan fingerprint density at radius 2 is 2.12 bits per heavy atom. The van der Waals surface area contributed by atoms with Gasteiger partial charge < -0.3 is 15.8 Å². The van der Waals surface area contributed by atoms with Gasteiger partial charge in [-0.2, -0.15) is 0 Å². The molecule has 3 N–H and O–H groups in total. The number of methoxy groups -OCH3 is 1. The maximum absolute atomic E-state index is 13.3. The van der Waals surface area contributed by atoms with Gasteiger partial charge in [-0.15, -0.1) is 0 Å². The third-order valence-corrected chi connectivity index (χ3v) is 2.36. The van der Waals surface area contributed by atoms with Crippen molar-refractivity contribution in [3.63, 3.8) is 0 Å². The molecule has 0 aliphatic rings. The second kappa shape index (κ2) is 7.06. The average Bonchev–Trinajstić information content (AvgIpc) is 2.29. The van der Waals surface area contributed by atoms with Crippen LogP contribution in [0.2, 0.25) is 0 Å². The van der Waals surface area contributed by atoms with E-state index in [1.54, 1.807) is 6.07 Å². The van der Waals surface area contributed by atoms with Gasteiger partial charge in [0, 0.05) is 18.3 Å². The molecule has 1 rings (SSSR count). The van der Waals surface area contributed by atoms with Crippen LogP contribution in [0.5, 0.6) is 5.75 Å². The van der Waals surface area contributed by atoms with Gasteiger partial charge in [-0.05, 0) is 31.5 Å². The van der Waals surface area contributed by atoms with Crippen LogP contribution in [0.15, 0.2) is 18.2 Å². The minimum absolute atomic E-state index is 0.272. The molecule has 0 fully saturated rings. The molecule has 1 aromatic carbocycles. The Morgan fingerprint density at radius 3 is 2.75 bits per heavy atom. The fraction of sp³-hybridized carbons (Fsp3) is 0.500. The van der Waals surface area contributed by atoms with Crippen molar-refractivity contribution >= 4 is 5.69 Å². The molecule has 0 aliphatic heterocycles. The van der Waals surface area contributed by atoms with E-state index in [9.17, 15) is 4.39 Å². The first-order chi connectivity index (χ1) is 7.77. The van der Waals surface area contributed by atoms with Gasteiger partial charge in [0.1, 0.15) is 0 Å². The summed E-state index contributed by atoms with van der Waals surface area (Å²) < 4.78 is 18.1. The van der Waals surface area contributed by atoms with Gasteiger partial charge in [0.15, 0.2) is 11.6 Å². The molecule has 0 unspecified atom stereocenters. The molecule has 0 aromatic heterocycles. The van der Waals surface area contributed by atoms with Crippen molar-refractivity contribution in [1.82, 2.24) is 0 Å². The van der Waals surface area contributed by atoms with Crippen LogP contribution in [0.4, 0.5) is 10.1 Å². The molecule has 16 heavy (non-hydrogen) atoms. The van der Waals surface area contributed by atoms with Gasteiger partial charge in [-0.1, -0.05) is 6.42 Å². The second-order valence-corrected chi connectivity index (χ2v) is 3.63. The number of rotatable bonds is 7. The fourth-order valence-corrected chi connectivity index (χ4v) is 1.46. The molecule has 0 saturated heterocycles. The Morgan fingerprint density at radius 1 is 1.31 bits per heavy atom. The Bertz CT molecular complexity index is 318. The summed E-state index contributed by atoms with van der Waals surface area (Å²) in [7, 11) is 1.46. The van der Waals surface area contributed by atoms with Crippen LogP contribution in [0.3, 0.4) is 0 Å². The third-order valence-electron chi connectivity index (χ3n) is 2.36. The summed E-state index contributed by atoms with van der Waals surface area (Å²) in [5, 5.41) is 3.16. The van der Waals surface area contributed by atoms with Crippen LogP contribution >= 0.6 is 0 Å². The van der Waals surface area contributed by atoms with Crippen molar-refractivity contribution in [3.8, 4) is 5.75 Å². The molecule has 0 aliphatic carbocycles. The molecule has 4 heteroatoms. The van der Waals surface area contributed by atoms with Crippen LogP contribution in [0.1, 0.15) is 19.3 Å². The number of hydrogen-bond acceptors (Lipinski definition) is 3. The molecule has 0 saturated carbocycles. The maximum Gasteiger partial charge on any atom is 0.167 e. The largest absolute Gasteiger partial charge is 0.494 e. The van der Waals surface area contributed by atoms with E-state index in [4.69, 9.17) is 10.5 Å². The lowest BCUT2D eigenvalue weighted by Crippen LogP contribution is -2.04. The lowest BCUT2D eigenvalue weighted by Gasteiger charge is -2.08. The van der Waals surface area contributed by atoms with Crippen molar-refractivity contribution < 1.29 is 9.13 Å². The van der Waals surface area contributed by atoms with Crippen molar-refractivity contribution in [1.29, 1.82) is 0 Å². The maximum atomic E-state index is 13.3. The van der Waals surface area contributed by atoms with E-state index in [1.807, 2.05) is 6.07 Å². The van der Waals surface area contributed by atoms with E-state index in [2.05, 4.69) is 5.32 Å². The van der Waals surface area contributed by atoms with Crippen LogP contribution in [-0.4, -0.2) is 20.2 Å². The zero-order valence-electron chi connectivity index (χ0n) is 9.63. The van der Waals surface area contributed by atoms with Gasteiger partial charge in [-0.3, -0.25) is 0 Å². The number of benzene rings is 1. The van der Waals surface area contributed by atoms with Crippen LogP contribution in [0, 0.1) is 5.82 Å². The third kappa shape index (κ3) is 4.06. The molecule has 0 bridgehead atoms. The molecule has 1 aromatic rings. The van der Waals surface area contributed by atoms with Crippen molar-refractivity contribution in [2.75, 3.05) is 25.5 Å². The van der Waals surface area contributed by atoms with E-state index in [1.165, 1.54) is 13.2 Å². The lowest BCUT2D eigenvalue weighted by molar-refractivity contribution is 0.386. The number of halogens is 1. The van der Waals surface area contributed by atoms with Gasteiger partial charge in [0.25, 0.3) is 0 Å². The Labute approximate surface area is 95.8 Å². The summed E-state index contributed by atoms with van der Waals surface area (Å²) >= 11 is 0. The van der Waals surface area contributed by atoms with Crippen molar-refractivity contribution in [3.05, 3.63) is 24.0 Å². The lowest BCUT2D eigenvalue weighted by atomic mass is 10.2. The van der Waals surface area contributed by atoms with E-state index in [-0.39, 0.29) is 11.6 Å². The van der Waals surface area contributed by atoms with Gasteiger partial charge in [-0.25, -0.2) is 4.39 Å². The van der Waals surface area contributed by atoms with E-state index in [0.717, 1.165) is 38.0 Å². The molecular weight excluding hydrogens is 207 g/mol. The number of unbranched alkanes of at least 4 members (excludes halogenated alkanes) is 2. The average molecular weight is 226 g/mol. The highest BCUT2D eigenvalue weighted by molar-refractivity contribution is 5.47. The van der Waals surface area contributed by atoms with Crippen LogP contribution in [-0.2, 0) is 0 Å². The number of hydrogen-bond donors (Lipinski definition) is 2. The van der Waals surface area contributed by atoms with Crippen molar-refractivity contribution in [2.24, 2.45) is 5.73 Å².